The Morgan fingerprint density at radius 3 is 3.00 bits per heavy atom. The molecule has 1 fully saturated rings. The molecule has 0 aliphatic carbocycles. The van der Waals surface area contributed by atoms with Gasteiger partial charge >= 0.3 is 0 Å². The predicted molar refractivity (Wildman–Crippen MR) is 72.6 cm³/mol. The van der Waals surface area contributed by atoms with Crippen molar-refractivity contribution >= 4 is 5.91 Å². The molecule has 0 aromatic heterocycles. The molecule has 1 aliphatic heterocycles. The van der Waals surface area contributed by atoms with Gasteiger partial charge in [0.1, 0.15) is 24.3 Å². The number of amides is 1. The van der Waals surface area contributed by atoms with Crippen molar-refractivity contribution in [1.29, 1.82) is 5.26 Å². The highest BCUT2D eigenvalue weighted by Crippen LogP contribution is 2.17. The van der Waals surface area contributed by atoms with Crippen LogP contribution in [-0.2, 0) is 14.3 Å². The van der Waals surface area contributed by atoms with E-state index >= 15 is 0 Å². The van der Waals surface area contributed by atoms with Crippen molar-refractivity contribution in [3.63, 3.8) is 0 Å². The van der Waals surface area contributed by atoms with Crippen molar-refractivity contribution in [2.45, 2.75) is 25.0 Å². The van der Waals surface area contributed by atoms with Crippen LogP contribution >= 0.6 is 0 Å². The van der Waals surface area contributed by atoms with Crippen molar-refractivity contribution < 1.29 is 23.0 Å². The van der Waals surface area contributed by atoms with Crippen LogP contribution in [0.1, 0.15) is 24.4 Å². The summed E-state index contributed by atoms with van der Waals surface area (Å²) in [5.41, 5.74) is -0.0867. The number of carbonyl (C=O) groups is 1. The number of ether oxygens (including phenoxy) is 2. The van der Waals surface area contributed by atoms with Crippen molar-refractivity contribution in [1.82, 2.24) is 5.32 Å². The van der Waals surface area contributed by atoms with Crippen LogP contribution in [0.5, 0.6) is 0 Å². The topological polar surface area (TPSA) is 71.4 Å². The maximum Gasteiger partial charge on any atom is 0.247 e. The summed E-state index contributed by atoms with van der Waals surface area (Å²) in [6.45, 7) is 0.747. The first kappa shape index (κ1) is 16.3. The Bertz CT molecular complexity index is 568. The van der Waals surface area contributed by atoms with Gasteiger partial charge < -0.3 is 14.8 Å². The zero-order valence-electron chi connectivity index (χ0n) is 11.9. The summed E-state index contributed by atoms with van der Waals surface area (Å²) >= 11 is 0. The van der Waals surface area contributed by atoms with E-state index in [1.165, 1.54) is 0 Å². The molecule has 0 bridgehead atoms. The Morgan fingerprint density at radius 1 is 1.55 bits per heavy atom. The lowest BCUT2D eigenvalue weighted by molar-refractivity contribution is -0.127. The summed E-state index contributed by atoms with van der Waals surface area (Å²) < 4.78 is 37.0. The van der Waals surface area contributed by atoms with Gasteiger partial charge in [0.25, 0.3) is 0 Å². The Morgan fingerprint density at radius 2 is 2.36 bits per heavy atom. The molecule has 1 aliphatic rings. The number of hydrogen-bond acceptors (Lipinski definition) is 4. The quantitative estimate of drug-likeness (QED) is 0.870. The first-order valence-electron chi connectivity index (χ1n) is 6.93. The fraction of sp³-hybridized carbons (Fsp3) is 0.467. The number of halogens is 2. The van der Waals surface area contributed by atoms with Gasteiger partial charge in [0, 0.05) is 18.2 Å². The van der Waals surface area contributed by atoms with E-state index in [9.17, 15) is 13.6 Å². The molecule has 1 aromatic carbocycles. The van der Waals surface area contributed by atoms with Crippen LogP contribution in [0.3, 0.4) is 0 Å². The lowest BCUT2D eigenvalue weighted by Gasteiger charge is -2.14. The van der Waals surface area contributed by atoms with Crippen LogP contribution in [0, 0.1) is 23.0 Å². The average Bonchev–Trinajstić information content (AvgIpc) is 2.98. The third-order valence-corrected chi connectivity index (χ3v) is 3.27. The van der Waals surface area contributed by atoms with Crippen LogP contribution < -0.4 is 5.32 Å². The Hall–Kier alpha value is -2.04. The molecule has 0 unspecified atom stereocenters. The van der Waals surface area contributed by atoms with Gasteiger partial charge in [-0.05, 0) is 18.9 Å². The molecule has 1 heterocycles. The summed E-state index contributed by atoms with van der Waals surface area (Å²) in [4.78, 5) is 11.7. The van der Waals surface area contributed by atoms with E-state index in [2.05, 4.69) is 5.32 Å². The summed E-state index contributed by atoms with van der Waals surface area (Å²) in [7, 11) is 0. The van der Waals surface area contributed by atoms with Crippen LogP contribution in [0.15, 0.2) is 18.2 Å². The molecule has 0 radical (unpaired) electrons. The van der Waals surface area contributed by atoms with E-state index < -0.39 is 23.6 Å². The van der Waals surface area contributed by atoms with Crippen LogP contribution in [0.2, 0.25) is 0 Å². The highest BCUT2D eigenvalue weighted by molar-refractivity contribution is 5.78. The lowest BCUT2D eigenvalue weighted by atomic mass is 10.1. The monoisotopic (exact) mass is 310 g/mol. The predicted octanol–water partition coefficient (Wildman–Crippen LogP) is 1.84. The number of benzene rings is 1. The molecular formula is C15H16F2N2O3. The van der Waals surface area contributed by atoms with Crippen molar-refractivity contribution in [3.05, 3.63) is 35.4 Å². The van der Waals surface area contributed by atoms with E-state index in [4.69, 9.17) is 14.7 Å². The fourth-order valence-corrected chi connectivity index (χ4v) is 2.18. The molecule has 0 saturated carbocycles. The summed E-state index contributed by atoms with van der Waals surface area (Å²) in [6, 6.07) is 3.40. The molecule has 2 atom stereocenters. The number of nitrogens with one attached hydrogen (secondary N) is 1. The van der Waals surface area contributed by atoms with Crippen LogP contribution in [0.25, 0.3) is 0 Å². The van der Waals surface area contributed by atoms with Crippen molar-refractivity contribution in [2.75, 3.05) is 19.8 Å². The second kappa shape index (κ2) is 7.82. The van der Waals surface area contributed by atoms with Gasteiger partial charge in [-0.2, -0.15) is 5.26 Å². The van der Waals surface area contributed by atoms with Gasteiger partial charge in [-0.3, -0.25) is 4.79 Å². The maximum absolute atomic E-state index is 13.6. The van der Waals surface area contributed by atoms with Gasteiger partial charge in [-0.1, -0.05) is 6.07 Å². The minimum absolute atomic E-state index is 0.00546. The van der Waals surface area contributed by atoms with E-state index in [-0.39, 0.29) is 18.3 Å². The molecule has 7 heteroatoms. The molecule has 2 rings (SSSR count). The number of nitriles is 1. The Kier molecular flexibility index (Phi) is 5.81. The summed E-state index contributed by atoms with van der Waals surface area (Å²) in [5.74, 6) is -2.18. The zero-order chi connectivity index (χ0) is 15.9. The summed E-state index contributed by atoms with van der Waals surface area (Å²) in [6.07, 6.45) is 1.86. The minimum atomic E-state index is -1.19. The molecule has 1 aromatic rings. The van der Waals surface area contributed by atoms with E-state index in [0.29, 0.717) is 19.3 Å². The fourth-order valence-electron chi connectivity index (χ4n) is 2.18. The van der Waals surface area contributed by atoms with Gasteiger partial charge in [-0.15, -0.1) is 0 Å². The largest absolute Gasteiger partial charge is 0.376 e. The molecular weight excluding hydrogens is 294 g/mol. The highest BCUT2D eigenvalue weighted by Gasteiger charge is 2.19. The molecule has 1 saturated heterocycles. The van der Waals surface area contributed by atoms with Crippen molar-refractivity contribution in [3.8, 4) is 6.07 Å². The number of carbonyl (C=O) groups excluding carboxylic acids is 1. The van der Waals surface area contributed by atoms with Crippen molar-refractivity contribution in [2.24, 2.45) is 0 Å². The minimum Gasteiger partial charge on any atom is -0.376 e. The number of nitrogens with zero attached hydrogens (tertiary/aromatic N) is 1. The molecule has 5 nitrogen and oxygen atoms in total. The van der Waals surface area contributed by atoms with Crippen LogP contribution in [-0.4, -0.2) is 31.8 Å². The molecule has 0 spiro atoms. The standard InChI is InChI=1S/C15H16F2N2O3/c16-10-3-4-12(13(17)6-10)14(7-18)19-15(20)9-21-8-11-2-1-5-22-11/h3-4,6,11,14H,1-2,5,8-9H2,(H,19,20)/t11-,14-/m0/s1. The normalized spacial score (nSPS) is 18.7. The lowest BCUT2D eigenvalue weighted by Crippen LogP contribution is -2.32. The first-order chi connectivity index (χ1) is 10.6. The molecule has 1 N–H and O–H groups in total. The maximum atomic E-state index is 13.6. The average molecular weight is 310 g/mol. The van der Waals surface area contributed by atoms with Crippen LogP contribution in [0.4, 0.5) is 8.78 Å². The highest BCUT2D eigenvalue weighted by atomic mass is 19.1. The Labute approximate surface area is 126 Å². The number of hydrogen-bond donors (Lipinski definition) is 1. The smallest absolute Gasteiger partial charge is 0.247 e. The van der Waals surface area contributed by atoms with E-state index in [0.717, 1.165) is 25.0 Å². The zero-order valence-corrected chi connectivity index (χ0v) is 11.9. The second-order valence-corrected chi connectivity index (χ2v) is 4.95. The van der Waals surface area contributed by atoms with Gasteiger partial charge in [0.2, 0.25) is 5.91 Å². The first-order valence-corrected chi connectivity index (χ1v) is 6.93. The molecule has 1 amide bonds. The molecule has 118 valence electrons. The van der Waals surface area contributed by atoms with Gasteiger partial charge in [-0.25, -0.2) is 8.78 Å². The third kappa shape index (κ3) is 4.48. The number of rotatable bonds is 6. The van der Waals surface area contributed by atoms with Gasteiger partial charge in [0.05, 0.1) is 18.8 Å². The van der Waals surface area contributed by atoms with E-state index in [1.807, 2.05) is 0 Å². The van der Waals surface area contributed by atoms with E-state index in [1.54, 1.807) is 6.07 Å². The Balaban J connectivity index is 1.84. The summed E-state index contributed by atoms with van der Waals surface area (Å²) in [5, 5.41) is 11.4. The van der Waals surface area contributed by atoms with Gasteiger partial charge in [0.15, 0.2) is 0 Å². The third-order valence-electron chi connectivity index (χ3n) is 3.27. The SMILES string of the molecule is N#C[C@H](NC(=O)COC[C@@H]1CCCO1)c1ccc(F)cc1F. The molecule has 22 heavy (non-hydrogen) atoms. The second-order valence-electron chi connectivity index (χ2n) is 4.95.